The van der Waals surface area contributed by atoms with E-state index in [1.807, 2.05) is 60.7 Å². The second kappa shape index (κ2) is 6.32. The van der Waals surface area contributed by atoms with Crippen molar-refractivity contribution in [2.24, 2.45) is 0 Å². The Hall–Kier alpha value is -2.13. The van der Waals surface area contributed by atoms with Crippen LogP contribution in [0.25, 0.3) is 0 Å². The zero-order valence-corrected chi connectivity index (χ0v) is 12.4. The van der Waals surface area contributed by atoms with Gasteiger partial charge in [-0.2, -0.15) is 0 Å². The van der Waals surface area contributed by atoms with Crippen LogP contribution in [-0.4, -0.2) is 23.8 Å². The third-order valence-corrected chi connectivity index (χ3v) is 4.46. The molecule has 114 valence electrons. The van der Waals surface area contributed by atoms with Gasteiger partial charge in [0, 0.05) is 6.61 Å². The second-order valence-corrected chi connectivity index (χ2v) is 5.70. The lowest BCUT2D eigenvalue weighted by Gasteiger charge is -2.40. The number of hydrogen-bond donors (Lipinski definition) is 1. The van der Waals surface area contributed by atoms with Crippen LogP contribution in [0.3, 0.4) is 0 Å². The fourth-order valence-corrected chi connectivity index (χ4v) is 3.41. The van der Waals surface area contributed by atoms with Crippen molar-refractivity contribution in [1.82, 2.24) is 0 Å². The van der Waals surface area contributed by atoms with Crippen LogP contribution in [-0.2, 0) is 14.9 Å². The minimum Gasteiger partial charge on any atom is -0.480 e. The molecule has 1 heterocycles. The van der Waals surface area contributed by atoms with E-state index < -0.39 is 11.4 Å². The molecule has 1 aliphatic rings. The van der Waals surface area contributed by atoms with E-state index in [0.717, 1.165) is 30.4 Å². The fraction of sp³-hybridized carbons (Fsp3) is 0.316. The number of rotatable bonds is 4. The van der Waals surface area contributed by atoms with Crippen molar-refractivity contribution in [3.63, 3.8) is 0 Å². The molecule has 1 fully saturated rings. The van der Waals surface area contributed by atoms with E-state index in [4.69, 9.17) is 4.74 Å². The third kappa shape index (κ3) is 2.42. The van der Waals surface area contributed by atoms with Crippen molar-refractivity contribution in [3.8, 4) is 0 Å². The normalized spacial score (nSPS) is 18.8. The van der Waals surface area contributed by atoms with Gasteiger partial charge in [0.05, 0.1) is 6.10 Å². The molecule has 1 saturated heterocycles. The topological polar surface area (TPSA) is 46.5 Å². The lowest BCUT2D eigenvalue weighted by atomic mass is 9.68. The van der Waals surface area contributed by atoms with E-state index in [1.54, 1.807) is 0 Å². The first kappa shape index (κ1) is 14.8. The van der Waals surface area contributed by atoms with Crippen LogP contribution >= 0.6 is 0 Å². The number of benzene rings is 2. The summed E-state index contributed by atoms with van der Waals surface area (Å²) < 4.78 is 5.93. The number of ether oxygens (including phenoxy) is 1. The Balaban J connectivity index is 2.21. The SMILES string of the molecule is O=C(O)C(c1ccccc1)(c1ccccc1)C1CCCCO1. The molecule has 0 amide bonds. The van der Waals surface area contributed by atoms with Gasteiger partial charge in [0.25, 0.3) is 0 Å². The maximum atomic E-state index is 12.4. The lowest BCUT2D eigenvalue weighted by molar-refractivity contribution is -0.150. The van der Waals surface area contributed by atoms with Gasteiger partial charge in [-0.1, -0.05) is 60.7 Å². The Morgan fingerprint density at radius 2 is 1.50 bits per heavy atom. The van der Waals surface area contributed by atoms with Gasteiger partial charge in [0.2, 0.25) is 0 Å². The van der Waals surface area contributed by atoms with Gasteiger partial charge in [0.15, 0.2) is 0 Å². The third-order valence-electron chi connectivity index (χ3n) is 4.46. The van der Waals surface area contributed by atoms with Crippen molar-refractivity contribution in [2.75, 3.05) is 6.61 Å². The van der Waals surface area contributed by atoms with Gasteiger partial charge in [-0.15, -0.1) is 0 Å². The van der Waals surface area contributed by atoms with Crippen molar-refractivity contribution < 1.29 is 14.6 Å². The molecule has 0 aromatic heterocycles. The van der Waals surface area contributed by atoms with Crippen molar-refractivity contribution in [2.45, 2.75) is 30.8 Å². The highest BCUT2D eigenvalue weighted by Gasteiger charge is 2.50. The molecule has 1 aliphatic heterocycles. The summed E-state index contributed by atoms with van der Waals surface area (Å²) in [4.78, 5) is 12.4. The number of carbonyl (C=O) groups is 1. The molecular weight excluding hydrogens is 276 g/mol. The van der Waals surface area contributed by atoms with Crippen LogP contribution < -0.4 is 0 Å². The maximum absolute atomic E-state index is 12.4. The second-order valence-electron chi connectivity index (χ2n) is 5.70. The monoisotopic (exact) mass is 296 g/mol. The zero-order chi connectivity index (χ0) is 15.4. The van der Waals surface area contributed by atoms with Crippen molar-refractivity contribution in [1.29, 1.82) is 0 Å². The van der Waals surface area contributed by atoms with E-state index in [2.05, 4.69) is 0 Å². The summed E-state index contributed by atoms with van der Waals surface area (Å²) in [6.45, 7) is 0.624. The Morgan fingerprint density at radius 3 is 1.91 bits per heavy atom. The number of carboxylic acid groups (broad SMARTS) is 1. The van der Waals surface area contributed by atoms with E-state index >= 15 is 0 Å². The predicted molar refractivity (Wildman–Crippen MR) is 84.9 cm³/mol. The minimum absolute atomic E-state index is 0.344. The summed E-state index contributed by atoms with van der Waals surface area (Å²) in [5, 5.41) is 10.2. The first-order chi connectivity index (χ1) is 10.8. The summed E-state index contributed by atoms with van der Waals surface area (Å²) in [5.41, 5.74) is 0.407. The van der Waals surface area contributed by atoms with Crippen LogP contribution in [0.5, 0.6) is 0 Å². The average Bonchev–Trinajstić information content (AvgIpc) is 2.58. The molecule has 1 N–H and O–H groups in total. The Morgan fingerprint density at radius 1 is 0.955 bits per heavy atom. The first-order valence-corrected chi connectivity index (χ1v) is 7.72. The molecule has 0 aliphatic carbocycles. The summed E-state index contributed by atoms with van der Waals surface area (Å²) in [5.74, 6) is -0.850. The Kier molecular flexibility index (Phi) is 4.25. The van der Waals surface area contributed by atoms with Crippen LogP contribution in [0, 0.1) is 0 Å². The molecule has 22 heavy (non-hydrogen) atoms. The largest absolute Gasteiger partial charge is 0.480 e. The van der Waals surface area contributed by atoms with Gasteiger partial charge < -0.3 is 9.84 Å². The van der Waals surface area contributed by atoms with E-state index in [-0.39, 0.29) is 6.10 Å². The number of aliphatic carboxylic acids is 1. The van der Waals surface area contributed by atoms with Gasteiger partial charge in [-0.25, -0.2) is 0 Å². The smallest absolute Gasteiger partial charge is 0.321 e. The highest BCUT2D eigenvalue weighted by Crippen LogP contribution is 2.41. The summed E-state index contributed by atoms with van der Waals surface area (Å²) in [6, 6.07) is 18.9. The minimum atomic E-state index is -1.15. The molecule has 2 aromatic carbocycles. The Bertz CT molecular complexity index is 576. The van der Waals surface area contributed by atoms with E-state index in [0.29, 0.717) is 6.61 Å². The quantitative estimate of drug-likeness (QED) is 0.937. The van der Waals surface area contributed by atoms with Gasteiger partial charge in [-0.05, 0) is 30.4 Å². The molecule has 0 saturated carbocycles. The molecular formula is C19H20O3. The molecule has 1 unspecified atom stereocenters. The molecule has 1 atom stereocenters. The molecule has 2 aromatic rings. The lowest BCUT2D eigenvalue weighted by Crippen LogP contribution is -2.50. The van der Waals surface area contributed by atoms with E-state index in [9.17, 15) is 9.90 Å². The van der Waals surface area contributed by atoms with E-state index in [1.165, 1.54) is 0 Å². The number of hydrogen-bond acceptors (Lipinski definition) is 2. The maximum Gasteiger partial charge on any atom is 0.321 e. The summed E-state index contributed by atoms with van der Waals surface area (Å²) >= 11 is 0. The molecule has 0 spiro atoms. The molecule has 3 heteroatoms. The van der Waals surface area contributed by atoms with Crippen LogP contribution in [0.1, 0.15) is 30.4 Å². The van der Waals surface area contributed by atoms with Gasteiger partial charge in [0.1, 0.15) is 5.41 Å². The fourth-order valence-electron chi connectivity index (χ4n) is 3.41. The molecule has 3 nitrogen and oxygen atoms in total. The van der Waals surface area contributed by atoms with Crippen LogP contribution in [0.2, 0.25) is 0 Å². The molecule has 3 rings (SSSR count). The van der Waals surface area contributed by atoms with Crippen molar-refractivity contribution in [3.05, 3.63) is 71.8 Å². The predicted octanol–water partition coefficient (Wildman–Crippen LogP) is 3.63. The van der Waals surface area contributed by atoms with Crippen LogP contribution in [0.15, 0.2) is 60.7 Å². The standard InChI is InChI=1S/C19H20O3/c20-18(21)19(15-9-3-1-4-10-15,16-11-5-2-6-12-16)17-13-7-8-14-22-17/h1-6,9-12,17H,7-8,13-14H2,(H,20,21). The van der Waals surface area contributed by atoms with Gasteiger partial charge in [-0.3, -0.25) is 4.79 Å². The van der Waals surface area contributed by atoms with Crippen LogP contribution in [0.4, 0.5) is 0 Å². The molecule has 0 radical (unpaired) electrons. The summed E-state index contributed by atoms with van der Waals surface area (Å²) in [6.07, 6.45) is 2.41. The number of carboxylic acids is 1. The zero-order valence-electron chi connectivity index (χ0n) is 12.4. The molecule has 0 bridgehead atoms. The first-order valence-electron chi connectivity index (χ1n) is 7.72. The highest BCUT2D eigenvalue weighted by atomic mass is 16.5. The van der Waals surface area contributed by atoms with Gasteiger partial charge >= 0.3 is 5.97 Å². The average molecular weight is 296 g/mol. The Labute approximate surface area is 130 Å². The summed E-state index contributed by atoms with van der Waals surface area (Å²) in [7, 11) is 0. The highest BCUT2D eigenvalue weighted by molar-refractivity contribution is 5.87. The van der Waals surface area contributed by atoms with Crippen molar-refractivity contribution >= 4 is 5.97 Å².